The van der Waals surface area contributed by atoms with Gasteiger partial charge in [0.2, 0.25) is 17.5 Å². The van der Waals surface area contributed by atoms with Crippen LogP contribution >= 0.6 is 0 Å². The molecule has 0 spiro atoms. The maximum Gasteiger partial charge on any atom is 0.238 e. The summed E-state index contributed by atoms with van der Waals surface area (Å²) in [6, 6.07) is 2.12. The van der Waals surface area contributed by atoms with Crippen LogP contribution in [-0.4, -0.2) is 56.2 Å². The average molecular weight is 340 g/mol. The largest absolute Gasteiger partial charge is 0.508 e. The molecular weight excluding hydrogens is 324 g/mol. The molecule has 2 heterocycles. The molecule has 0 unspecified atom stereocenters. The van der Waals surface area contributed by atoms with Crippen molar-refractivity contribution in [2.45, 2.75) is 37.6 Å². The molecule has 1 aromatic heterocycles. The van der Waals surface area contributed by atoms with Gasteiger partial charge in [-0.3, -0.25) is 4.79 Å². The molecule has 0 aliphatic carbocycles. The van der Waals surface area contributed by atoms with Gasteiger partial charge >= 0.3 is 0 Å². The van der Waals surface area contributed by atoms with Crippen molar-refractivity contribution in [3.8, 4) is 17.2 Å². The molecule has 0 bridgehead atoms. The van der Waals surface area contributed by atoms with E-state index >= 15 is 0 Å². The summed E-state index contributed by atoms with van der Waals surface area (Å²) < 4.78 is 15.6. The van der Waals surface area contributed by atoms with Crippen molar-refractivity contribution >= 4 is 11.0 Å². The number of hydrogen-bond donors (Lipinski definition) is 5. The molecule has 0 radical (unpaired) electrons. The van der Waals surface area contributed by atoms with E-state index in [4.69, 9.17) is 13.9 Å². The van der Waals surface area contributed by atoms with Gasteiger partial charge in [-0.15, -0.1) is 0 Å². The van der Waals surface area contributed by atoms with Crippen molar-refractivity contribution in [3.05, 3.63) is 28.6 Å². The fourth-order valence-electron chi connectivity index (χ4n) is 2.52. The number of aliphatic hydroxyl groups is 3. The Balaban J connectivity index is 1.96. The quantitative estimate of drug-likeness (QED) is 0.483. The standard InChI is InChI=1S/C15H16O9/c1-5-11(18)13(20)14(21)15(23-5)24-9-4-22-8-3-6(16)2-7(17)10(8)12(9)19/h2-5,11,13-18,20-21H,1H3/t5-,11-,13-,14-,15+/m0/s1. The van der Waals surface area contributed by atoms with Crippen LogP contribution in [0, 0.1) is 0 Å². The second-order valence-electron chi connectivity index (χ2n) is 5.57. The van der Waals surface area contributed by atoms with E-state index in [2.05, 4.69) is 0 Å². The van der Waals surface area contributed by atoms with Gasteiger partial charge < -0.3 is 39.4 Å². The van der Waals surface area contributed by atoms with Crippen LogP contribution < -0.4 is 10.2 Å². The van der Waals surface area contributed by atoms with Crippen molar-refractivity contribution in [2.24, 2.45) is 0 Å². The minimum absolute atomic E-state index is 0.0567. The highest BCUT2D eigenvalue weighted by Crippen LogP contribution is 2.30. The highest BCUT2D eigenvalue weighted by atomic mass is 16.7. The lowest BCUT2D eigenvalue weighted by Crippen LogP contribution is -2.58. The summed E-state index contributed by atoms with van der Waals surface area (Å²) in [5.41, 5.74) is -0.809. The van der Waals surface area contributed by atoms with Crippen LogP contribution in [-0.2, 0) is 4.74 Å². The molecule has 1 aromatic carbocycles. The smallest absolute Gasteiger partial charge is 0.238 e. The van der Waals surface area contributed by atoms with E-state index < -0.39 is 41.9 Å². The fourth-order valence-corrected chi connectivity index (χ4v) is 2.52. The van der Waals surface area contributed by atoms with Crippen LogP contribution in [0.15, 0.2) is 27.6 Å². The van der Waals surface area contributed by atoms with Gasteiger partial charge in [0.15, 0.2) is 0 Å². The number of hydrogen-bond acceptors (Lipinski definition) is 9. The zero-order chi connectivity index (χ0) is 17.6. The summed E-state index contributed by atoms with van der Waals surface area (Å²) in [5, 5.41) is 48.3. The van der Waals surface area contributed by atoms with Gasteiger partial charge in [-0.2, -0.15) is 0 Å². The third-order valence-corrected chi connectivity index (χ3v) is 3.86. The topological polar surface area (TPSA) is 150 Å². The first-order valence-corrected chi connectivity index (χ1v) is 7.13. The van der Waals surface area contributed by atoms with Gasteiger partial charge in [-0.25, -0.2) is 0 Å². The van der Waals surface area contributed by atoms with Crippen LogP contribution in [0.2, 0.25) is 0 Å². The van der Waals surface area contributed by atoms with E-state index in [0.717, 1.165) is 18.4 Å². The van der Waals surface area contributed by atoms with E-state index in [1.165, 1.54) is 6.92 Å². The first kappa shape index (κ1) is 16.5. The van der Waals surface area contributed by atoms with Gasteiger partial charge in [0.25, 0.3) is 0 Å². The van der Waals surface area contributed by atoms with Crippen molar-refractivity contribution in [1.29, 1.82) is 0 Å². The highest BCUT2D eigenvalue weighted by Gasteiger charge is 2.43. The van der Waals surface area contributed by atoms with E-state index in [1.54, 1.807) is 0 Å². The molecule has 2 aromatic rings. The average Bonchev–Trinajstić information content (AvgIpc) is 2.52. The van der Waals surface area contributed by atoms with Crippen molar-refractivity contribution in [1.82, 2.24) is 0 Å². The van der Waals surface area contributed by atoms with Gasteiger partial charge in [-0.05, 0) is 6.92 Å². The number of benzene rings is 1. The van der Waals surface area contributed by atoms with Crippen LogP contribution in [0.4, 0.5) is 0 Å². The second kappa shape index (κ2) is 5.95. The summed E-state index contributed by atoms with van der Waals surface area (Å²) in [6.45, 7) is 1.47. The number of ether oxygens (including phenoxy) is 2. The van der Waals surface area contributed by atoms with Crippen LogP contribution in [0.3, 0.4) is 0 Å². The molecule has 130 valence electrons. The SMILES string of the molecule is C[C@@H]1O[C@H](Oc2coc3cc(O)cc(O)c3c2=O)[C@@H](O)[C@@H](O)[C@H]1O. The second-order valence-corrected chi connectivity index (χ2v) is 5.57. The summed E-state index contributed by atoms with van der Waals surface area (Å²) in [5.74, 6) is -1.16. The monoisotopic (exact) mass is 340 g/mol. The van der Waals surface area contributed by atoms with Crippen LogP contribution in [0.25, 0.3) is 11.0 Å². The van der Waals surface area contributed by atoms with E-state index in [0.29, 0.717) is 0 Å². The van der Waals surface area contributed by atoms with Crippen molar-refractivity contribution in [2.75, 3.05) is 0 Å². The molecule has 0 amide bonds. The van der Waals surface area contributed by atoms with Gasteiger partial charge in [0.1, 0.15) is 47.0 Å². The number of aromatic hydroxyl groups is 2. The number of aliphatic hydroxyl groups excluding tert-OH is 3. The molecule has 24 heavy (non-hydrogen) atoms. The molecule has 1 saturated heterocycles. The molecule has 1 fully saturated rings. The van der Waals surface area contributed by atoms with Crippen molar-refractivity contribution in [3.63, 3.8) is 0 Å². The lowest BCUT2D eigenvalue weighted by Gasteiger charge is -2.38. The maximum atomic E-state index is 12.4. The zero-order valence-corrected chi connectivity index (χ0v) is 12.5. The Morgan fingerprint density at radius 1 is 1.08 bits per heavy atom. The lowest BCUT2D eigenvalue weighted by atomic mass is 10.00. The minimum atomic E-state index is -1.60. The molecule has 9 nitrogen and oxygen atoms in total. The first-order chi connectivity index (χ1) is 11.3. The molecule has 1 aliphatic rings. The maximum absolute atomic E-state index is 12.4. The Labute approximate surface area is 134 Å². The zero-order valence-electron chi connectivity index (χ0n) is 12.5. The van der Waals surface area contributed by atoms with Crippen molar-refractivity contribution < 1.29 is 39.4 Å². The number of rotatable bonds is 2. The van der Waals surface area contributed by atoms with Crippen LogP contribution in [0.1, 0.15) is 6.92 Å². The first-order valence-electron chi connectivity index (χ1n) is 7.13. The Hall–Kier alpha value is -2.33. The molecule has 1 aliphatic heterocycles. The molecule has 5 N–H and O–H groups in total. The Morgan fingerprint density at radius 2 is 1.79 bits per heavy atom. The van der Waals surface area contributed by atoms with Gasteiger partial charge in [-0.1, -0.05) is 0 Å². The third kappa shape index (κ3) is 2.67. The minimum Gasteiger partial charge on any atom is -0.508 e. The molecule has 9 heteroatoms. The van der Waals surface area contributed by atoms with E-state index in [9.17, 15) is 30.3 Å². The Kier molecular flexibility index (Phi) is 4.10. The van der Waals surface area contributed by atoms with Crippen LogP contribution in [0.5, 0.6) is 17.2 Å². The normalized spacial score (nSPS) is 30.4. The predicted molar refractivity (Wildman–Crippen MR) is 78.8 cm³/mol. The summed E-state index contributed by atoms with van der Waals surface area (Å²) in [7, 11) is 0. The Morgan fingerprint density at radius 3 is 2.50 bits per heavy atom. The number of phenols is 2. The fraction of sp³-hybridized carbons (Fsp3) is 0.400. The Bertz CT molecular complexity index is 814. The summed E-state index contributed by atoms with van der Waals surface area (Å²) >= 11 is 0. The molecular formula is C15H16O9. The third-order valence-electron chi connectivity index (χ3n) is 3.86. The van der Waals surface area contributed by atoms with E-state index in [-0.39, 0.29) is 22.5 Å². The highest BCUT2D eigenvalue weighted by molar-refractivity contribution is 5.85. The summed E-state index contributed by atoms with van der Waals surface area (Å²) in [6.07, 6.45) is -5.75. The molecule has 0 saturated carbocycles. The molecule has 3 rings (SSSR count). The summed E-state index contributed by atoms with van der Waals surface area (Å²) in [4.78, 5) is 12.4. The number of phenolic OH excluding ortho intramolecular Hbond substituents is 2. The lowest BCUT2D eigenvalue weighted by molar-refractivity contribution is -0.268. The predicted octanol–water partition coefficient (Wildman–Crippen LogP) is -0.589. The number of fused-ring (bicyclic) bond motifs is 1. The van der Waals surface area contributed by atoms with Gasteiger partial charge in [0, 0.05) is 12.1 Å². The van der Waals surface area contributed by atoms with Gasteiger partial charge in [0.05, 0.1) is 6.10 Å². The van der Waals surface area contributed by atoms with E-state index in [1.807, 2.05) is 0 Å². The molecule has 5 atom stereocenters.